The minimum atomic E-state index is -0.500. The predicted molar refractivity (Wildman–Crippen MR) is 68.0 cm³/mol. The summed E-state index contributed by atoms with van der Waals surface area (Å²) in [6, 6.07) is 4.84. The highest BCUT2D eigenvalue weighted by molar-refractivity contribution is 5.77. The van der Waals surface area contributed by atoms with Gasteiger partial charge in [-0.05, 0) is 24.2 Å². The van der Waals surface area contributed by atoms with Gasteiger partial charge in [-0.3, -0.25) is 0 Å². The van der Waals surface area contributed by atoms with Gasteiger partial charge in [0.25, 0.3) is 0 Å². The maximum Gasteiger partial charge on any atom is 0.327 e. The van der Waals surface area contributed by atoms with Gasteiger partial charge in [0.05, 0.1) is 21.3 Å². The molecular weight excluding hydrogens is 234 g/mol. The fraction of sp³-hybridized carbons (Fsp3) is 0.462. The van der Waals surface area contributed by atoms with Gasteiger partial charge in [-0.1, -0.05) is 13.0 Å². The molecule has 1 unspecified atom stereocenters. The lowest BCUT2D eigenvalue weighted by molar-refractivity contribution is -0.143. The Morgan fingerprint density at radius 3 is 2.39 bits per heavy atom. The number of rotatable bonds is 6. The van der Waals surface area contributed by atoms with Crippen molar-refractivity contribution in [2.45, 2.75) is 13.0 Å². The summed E-state index contributed by atoms with van der Waals surface area (Å²) >= 11 is 0. The highest BCUT2D eigenvalue weighted by Gasteiger charge is 2.21. The van der Waals surface area contributed by atoms with Gasteiger partial charge in [0.15, 0.2) is 11.5 Å². The van der Waals surface area contributed by atoms with Crippen molar-refractivity contribution in [3.05, 3.63) is 23.8 Å². The van der Waals surface area contributed by atoms with Crippen LogP contribution in [0.3, 0.4) is 0 Å². The van der Waals surface area contributed by atoms with Crippen LogP contribution in [0.1, 0.15) is 18.5 Å². The summed E-state index contributed by atoms with van der Waals surface area (Å²) in [7, 11) is 4.50. The molecule has 0 aromatic heterocycles. The zero-order chi connectivity index (χ0) is 13.5. The summed E-state index contributed by atoms with van der Waals surface area (Å²) in [4.78, 5) is 11.7. The molecule has 100 valence electrons. The van der Waals surface area contributed by atoms with E-state index in [-0.39, 0.29) is 5.97 Å². The number of hydrogen-bond donors (Lipinski definition) is 1. The van der Waals surface area contributed by atoms with Gasteiger partial charge in [-0.2, -0.15) is 0 Å². The molecule has 0 saturated carbocycles. The Morgan fingerprint density at radius 1 is 1.22 bits per heavy atom. The van der Waals surface area contributed by atoms with Crippen LogP contribution < -0.4 is 14.8 Å². The van der Waals surface area contributed by atoms with Crippen molar-refractivity contribution in [3.8, 4) is 11.5 Å². The van der Waals surface area contributed by atoms with Crippen molar-refractivity contribution >= 4 is 5.97 Å². The molecule has 1 N–H and O–H groups in total. The van der Waals surface area contributed by atoms with E-state index in [1.165, 1.54) is 7.11 Å². The number of benzene rings is 1. The zero-order valence-corrected chi connectivity index (χ0v) is 11.1. The normalized spacial score (nSPS) is 11.8. The first kappa shape index (κ1) is 14.3. The van der Waals surface area contributed by atoms with E-state index in [1.807, 2.05) is 13.0 Å². The topological polar surface area (TPSA) is 56.8 Å². The number of ether oxygens (including phenoxy) is 3. The molecule has 0 aliphatic heterocycles. The van der Waals surface area contributed by atoms with Gasteiger partial charge < -0.3 is 19.5 Å². The Kier molecular flexibility index (Phi) is 5.45. The second-order valence-electron chi connectivity index (χ2n) is 3.63. The standard InChI is InChI=1S/C13H19NO4/c1-5-14-12(13(15)18-4)9-6-7-10(16-2)11(8-9)17-3/h6-8,12,14H,5H2,1-4H3. The fourth-order valence-electron chi connectivity index (χ4n) is 1.69. The molecule has 1 rings (SSSR count). The molecule has 0 aliphatic rings. The first-order valence-corrected chi connectivity index (χ1v) is 5.71. The second-order valence-corrected chi connectivity index (χ2v) is 3.63. The zero-order valence-electron chi connectivity index (χ0n) is 11.1. The summed E-state index contributed by atoms with van der Waals surface area (Å²) in [5.41, 5.74) is 0.779. The molecule has 0 aliphatic carbocycles. The summed E-state index contributed by atoms with van der Waals surface area (Å²) in [6.07, 6.45) is 0. The van der Waals surface area contributed by atoms with E-state index in [2.05, 4.69) is 5.32 Å². The molecule has 0 fully saturated rings. The van der Waals surface area contributed by atoms with Crippen molar-refractivity contribution in [1.29, 1.82) is 0 Å². The number of hydrogen-bond acceptors (Lipinski definition) is 5. The third-order valence-electron chi connectivity index (χ3n) is 2.59. The van der Waals surface area contributed by atoms with E-state index in [0.29, 0.717) is 18.0 Å². The Labute approximate surface area is 107 Å². The van der Waals surface area contributed by atoms with Gasteiger partial charge in [-0.25, -0.2) is 4.79 Å². The van der Waals surface area contributed by atoms with Crippen LogP contribution in [0.25, 0.3) is 0 Å². The fourth-order valence-corrected chi connectivity index (χ4v) is 1.69. The Bertz CT molecular complexity index is 406. The monoisotopic (exact) mass is 253 g/mol. The van der Waals surface area contributed by atoms with Gasteiger partial charge in [0.2, 0.25) is 0 Å². The van der Waals surface area contributed by atoms with Gasteiger partial charge in [0.1, 0.15) is 6.04 Å². The van der Waals surface area contributed by atoms with Crippen molar-refractivity contribution in [1.82, 2.24) is 5.32 Å². The van der Waals surface area contributed by atoms with Gasteiger partial charge in [-0.15, -0.1) is 0 Å². The Balaban J connectivity index is 3.08. The van der Waals surface area contributed by atoms with Crippen LogP contribution in [0.4, 0.5) is 0 Å². The number of esters is 1. The number of carbonyl (C=O) groups excluding carboxylic acids is 1. The molecule has 1 atom stereocenters. The smallest absolute Gasteiger partial charge is 0.327 e. The molecule has 1 aromatic rings. The molecule has 0 radical (unpaired) electrons. The Morgan fingerprint density at radius 2 is 1.89 bits per heavy atom. The number of likely N-dealkylation sites (N-methyl/N-ethyl adjacent to an activating group) is 1. The molecule has 5 heteroatoms. The van der Waals surface area contributed by atoms with E-state index < -0.39 is 6.04 Å². The third-order valence-corrected chi connectivity index (χ3v) is 2.59. The van der Waals surface area contributed by atoms with E-state index in [1.54, 1.807) is 26.4 Å². The maximum atomic E-state index is 11.7. The van der Waals surface area contributed by atoms with Gasteiger partial charge in [0, 0.05) is 0 Å². The van der Waals surface area contributed by atoms with Gasteiger partial charge >= 0.3 is 5.97 Å². The Hall–Kier alpha value is -1.75. The van der Waals surface area contributed by atoms with E-state index in [4.69, 9.17) is 14.2 Å². The molecule has 0 heterocycles. The SMILES string of the molecule is CCNC(C(=O)OC)c1ccc(OC)c(OC)c1. The average Bonchev–Trinajstić information content (AvgIpc) is 2.43. The minimum Gasteiger partial charge on any atom is -0.493 e. The van der Waals surface area contributed by atoms with E-state index in [9.17, 15) is 4.79 Å². The number of carbonyl (C=O) groups is 1. The lowest BCUT2D eigenvalue weighted by Gasteiger charge is -2.17. The summed E-state index contributed by atoms with van der Waals surface area (Å²) in [5, 5.41) is 3.07. The summed E-state index contributed by atoms with van der Waals surface area (Å²) < 4.78 is 15.1. The van der Waals surface area contributed by atoms with Crippen LogP contribution in [0.15, 0.2) is 18.2 Å². The van der Waals surface area contributed by atoms with Crippen LogP contribution in [0.5, 0.6) is 11.5 Å². The molecule has 0 amide bonds. The first-order valence-electron chi connectivity index (χ1n) is 5.71. The molecule has 0 bridgehead atoms. The number of nitrogens with one attached hydrogen (secondary N) is 1. The largest absolute Gasteiger partial charge is 0.493 e. The predicted octanol–water partition coefficient (Wildman–Crippen LogP) is 1.53. The third kappa shape index (κ3) is 3.13. The lowest BCUT2D eigenvalue weighted by atomic mass is 10.1. The van der Waals surface area contributed by atoms with Crippen LogP contribution in [-0.2, 0) is 9.53 Å². The molecule has 0 saturated heterocycles. The minimum absolute atomic E-state index is 0.330. The van der Waals surface area contributed by atoms with Crippen molar-refractivity contribution in [3.63, 3.8) is 0 Å². The first-order chi connectivity index (χ1) is 8.67. The molecule has 18 heavy (non-hydrogen) atoms. The summed E-state index contributed by atoms with van der Waals surface area (Å²) in [6.45, 7) is 2.59. The lowest BCUT2D eigenvalue weighted by Crippen LogP contribution is -2.29. The number of methoxy groups -OCH3 is 3. The molecule has 1 aromatic carbocycles. The van der Waals surface area contributed by atoms with Crippen molar-refractivity contribution in [2.75, 3.05) is 27.9 Å². The highest BCUT2D eigenvalue weighted by Crippen LogP contribution is 2.30. The van der Waals surface area contributed by atoms with E-state index in [0.717, 1.165) is 5.56 Å². The molecule has 5 nitrogen and oxygen atoms in total. The van der Waals surface area contributed by atoms with E-state index >= 15 is 0 Å². The average molecular weight is 253 g/mol. The van der Waals surface area contributed by atoms with Crippen molar-refractivity contribution in [2.24, 2.45) is 0 Å². The quantitative estimate of drug-likeness (QED) is 0.779. The van der Waals surface area contributed by atoms with Crippen LogP contribution in [0, 0.1) is 0 Å². The molecular formula is C13H19NO4. The van der Waals surface area contributed by atoms with Crippen LogP contribution in [-0.4, -0.2) is 33.8 Å². The summed E-state index contributed by atoms with van der Waals surface area (Å²) in [5.74, 6) is 0.882. The molecule has 0 spiro atoms. The second kappa shape index (κ2) is 6.86. The van der Waals surface area contributed by atoms with Crippen LogP contribution >= 0.6 is 0 Å². The van der Waals surface area contributed by atoms with Crippen LogP contribution in [0.2, 0.25) is 0 Å². The highest BCUT2D eigenvalue weighted by atomic mass is 16.5. The van der Waals surface area contributed by atoms with Crippen molar-refractivity contribution < 1.29 is 19.0 Å². The maximum absolute atomic E-state index is 11.7.